The summed E-state index contributed by atoms with van der Waals surface area (Å²) in [5.41, 5.74) is 3.25. The average molecular weight is 299 g/mol. The third-order valence-electron chi connectivity index (χ3n) is 3.77. The summed E-state index contributed by atoms with van der Waals surface area (Å²) in [6.07, 6.45) is 3.48. The van der Waals surface area contributed by atoms with Gasteiger partial charge in [0.1, 0.15) is 11.6 Å². The second-order valence-electron chi connectivity index (χ2n) is 5.46. The van der Waals surface area contributed by atoms with Gasteiger partial charge in [-0.2, -0.15) is 5.26 Å². The number of nitriles is 1. The Morgan fingerprint density at radius 1 is 1.45 bits per heavy atom. The zero-order valence-electron chi connectivity index (χ0n) is 13.0. The predicted molar refractivity (Wildman–Crippen MR) is 85.2 cm³/mol. The first-order valence-corrected chi connectivity index (χ1v) is 7.44. The van der Waals surface area contributed by atoms with Gasteiger partial charge >= 0.3 is 0 Å². The lowest BCUT2D eigenvalue weighted by atomic mass is 10.1. The Labute approximate surface area is 131 Å². The summed E-state index contributed by atoms with van der Waals surface area (Å²) in [4.78, 5) is 12.0. The Balaban J connectivity index is 1.92. The fourth-order valence-corrected chi connectivity index (χ4v) is 2.24. The van der Waals surface area contributed by atoms with Crippen molar-refractivity contribution >= 4 is 11.6 Å². The van der Waals surface area contributed by atoms with E-state index in [0.717, 1.165) is 30.7 Å². The molecule has 1 saturated heterocycles. The summed E-state index contributed by atoms with van der Waals surface area (Å²) in [5, 5.41) is 14.8. The van der Waals surface area contributed by atoms with Gasteiger partial charge in [0.2, 0.25) is 0 Å². The molecular weight excluding hydrogens is 278 g/mol. The summed E-state index contributed by atoms with van der Waals surface area (Å²) < 4.78 is 5.44. The molecule has 1 aromatic rings. The summed E-state index contributed by atoms with van der Waals surface area (Å²) in [7, 11) is 0. The van der Waals surface area contributed by atoms with Crippen molar-refractivity contribution in [3.8, 4) is 6.07 Å². The van der Waals surface area contributed by atoms with Crippen LogP contribution in [0.25, 0.3) is 0 Å². The number of benzene rings is 1. The molecule has 0 aromatic heterocycles. The molecule has 1 aliphatic rings. The molecule has 1 heterocycles. The lowest BCUT2D eigenvalue weighted by Crippen LogP contribution is -2.32. The number of nitrogens with one attached hydrogen (secondary N) is 2. The summed E-state index contributed by atoms with van der Waals surface area (Å²) >= 11 is 0. The maximum atomic E-state index is 12.0. The number of hydrogen-bond acceptors (Lipinski definition) is 4. The zero-order chi connectivity index (χ0) is 15.9. The second-order valence-corrected chi connectivity index (χ2v) is 5.46. The van der Waals surface area contributed by atoms with E-state index in [1.807, 2.05) is 38.1 Å². The minimum atomic E-state index is -0.380. The first-order valence-electron chi connectivity index (χ1n) is 7.44. The molecule has 22 heavy (non-hydrogen) atoms. The number of carbonyl (C=O) groups excluding carboxylic acids is 1. The van der Waals surface area contributed by atoms with Crippen molar-refractivity contribution in [1.29, 1.82) is 5.26 Å². The van der Waals surface area contributed by atoms with E-state index in [2.05, 4.69) is 10.6 Å². The van der Waals surface area contributed by atoms with Crippen molar-refractivity contribution in [2.24, 2.45) is 0 Å². The molecule has 5 heteroatoms. The monoisotopic (exact) mass is 299 g/mol. The number of anilines is 1. The van der Waals surface area contributed by atoms with Crippen molar-refractivity contribution < 1.29 is 9.53 Å². The molecule has 0 bridgehead atoms. The number of amides is 1. The van der Waals surface area contributed by atoms with Gasteiger partial charge < -0.3 is 15.4 Å². The molecule has 1 aliphatic heterocycles. The number of rotatable bonds is 5. The fourth-order valence-electron chi connectivity index (χ4n) is 2.24. The molecule has 2 rings (SSSR count). The Morgan fingerprint density at radius 2 is 2.27 bits per heavy atom. The minimum Gasteiger partial charge on any atom is -0.376 e. The van der Waals surface area contributed by atoms with E-state index in [4.69, 9.17) is 10.00 Å². The van der Waals surface area contributed by atoms with E-state index in [1.165, 1.54) is 11.8 Å². The fraction of sp³-hybridized carbons (Fsp3) is 0.412. The molecule has 1 amide bonds. The third-order valence-corrected chi connectivity index (χ3v) is 3.77. The molecule has 0 saturated carbocycles. The lowest BCUT2D eigenvalue weighted by molar-refractivity contribution is -0.117. The number of carbonyl (C=O) groups is 1. The lowest BCUT2D eigenvalue weighted by Gasteiger charge is -2.10. The Morgan fingerprint density at radius 3 is 2.91 bits per heavy atom. The van der Waals surface area contributed by atoms with E-state index in [1.54, 1.807) is 0 Å². The molecule has 0 spiro atoms. The van der Waals surface area contributed by atoms with Crippen LogP contribution in [0, 0.1) is 25.2 Å². The highest BCUT2D eigenvalue weighted by atomic mass is 16.5. The van der Waals surface area contributed by atoms with Gasteiger partial charge in [-0.15, -0.1) is 0 Å². The first kappa shape index (κ1) is 16.1. The maximum absolute atomic E-state index is 12.0. The number of hydrogen-bond donors (Lipinski definition) is 2. The van der Waals surface area contributed by atoms with Gasteiger partial charge in [-0.05, 0) is 49.9 Å². The molecule has 1 unspecified atom stereocenters. The van der Waals surface area contributed by atoms with Crippen molar-refractivity contribution in [3.05, 3.63) is 41.1 Å². The molecule has 1 fully saturated rings. The Hall–Kier alpha value is -2.32. The van der Waals surface area contributed by atoms with Crippen LogP contribution in [0.1, 0.15) is 24.0 Å². The van der Waals surface area contributed by atoms with Crippen LogP contribution in [0.4, 0.5) is 5.69 Å². The summed E-state index contributed by atoms with van der Waals surface area (Å²) in [6.45, 7) is 5.25. The zero-order valence-corrected chi connectivity index (χ0v) is 13.0. The summed E-state index contributed by atoms with van der Waals surface area (Å²) in [5.74, 6) is -0.380. The van der Waals surface area contributed by atoms with Crippen LogP contribution >= 0.6 is 0 Å². The average Bonchev–Trinajstić information content (AvgIpc) is 3.02. The molecule has 0 radical (unpaired) electrons. The van der Waals surface area contributed by atoms with E-state index in [-0.39, 0.29) is 17.6 Å². The molecule has 1 atom stereocenters. The van der Waals surface area contributed by atoms with Crippen LogP contribution in [0.3, 0.4) is 0 Å². The molecule has 0 aliphatic carbocycles. The summed E-state index contributed by atoms with van der Waals surface area (Å²) in [6, 6.07) is 7.81. The maximum Gasteiger partial charge on any atom is 0.263 e. The Bertz CT molecular complexity index is 611. The van der Waals surface area contributed by atoms with Gasteiger partial charge in [0.25, 0.3) is 5.91 Å². The van der Waals surface area contributed by atoms with Crippen molar-refractivity contribution in [3.63, 3.8) is 0 Å². The molecule has 5 nitrogen and oxygen atoms in total. The minimum absolute atomic E-state index is 0.0521. The quantitative estimate of drug-likeness (QED) is 0.647. The van der Waals surface area contributed by atoms with Crippen molar-refractivity contribution in [2.45, 2.75) is 32.8 Å². The van der Waals surface area contributed by atoms with E-state index >= 15 is 0 Å². The SMILES string of the molecule is Cc1ccc(N/C=C(/C#N)C(=O)NCC2CCCO2)cc1C. The smallest absolute Gasteiger partial charge is 0.263 e. The highest BCUT2D eigenvalue weighted by Crippen LogP contribution is 2.14. The number of aryl methyl sites for hydroxylation is 2. The van der Waals surface area contributed by atoms with Crippen LogP contribution in [0.5, 0.6) is 0 Å². The van der Waals surface area contributed by atoms with E-state index in [0.29, 0.717) is 6.54 Å². The molecule has 116 valence electrons. The van der Waals surface area contributed by atoms with Crippen molar-refractivity contribution in [1.82, 2.24) is 5.32 Å². The second kappa shape index (κ2) is 7.62. The number of nitrogens with zero attached hydrogens (tertiary/aromatic N) is 1. The van der Waals surface area contributed by atoms with Gasteiger partial charge in [0.05, 0.1) is 6.10 Å². The Kier molecular flexibility index (Phi) is 5.56. The third kappa shape index (κ3) is 4.34. The van der Waals surface area contributed by atoms with Crippen LogP contribution in [0.2, 0.25) is 0 Å². The van der Waals surface area contributed by atoms with E-state index in [9.17, 15) is 4.79 Å². The number of ether oxygens (including phenoxy) is 1. The molecule has 1 aromatic carbocycles. The standard InChI is InChI=1S/C17H21N3O2/c1-12-5-6-15(8-13(12)2)19-10-14(9-18)17(21)20-11-16-4-3-7-22-16/h5-6,8,10,16,19H,3-4,7,11H2,1-2H3,(H,20,21)/b14-10-. The van der Waals surface area contributed by atoms with Crippen LogP contribution < -0.4 is 10.6 Å². The van der Waals surface area contributed by atoms with E-state index < -0.39 is 0 Å². The largest absolute Gasteiger partial charge is 0.376 e. The van der Waals surface area contributed by atoms with Gasteiger partial charge in [0, 0.05) is 25.0 Å². The predicted octanol–water partition coefficient (Wildman–Crippen LogP) is 2.42. The van der Waals surface area contributed by atoms with Gasteiger partial charge in [0.15, 0.2) is 0 Å². The van der Waals surface area contributed by atoms with Gasteiger partial charge in [-0.3, -0.25) is 4.79 Å². The van der Waals surface area contributed by atoms with Gasteiger partial charge in [-0.25, -0.2) is 0 Å². The topological polar surface area (TPSA) is 74.2 Å². The first-order chi connectivity index (χ1) is 10.6. The van der Waals surface area contributed by atoms with Crippen LogP contribution in [0.15, 0.2) is 30.0 Å². The normalized spacial score (nSPS) is 17.9. The van der Waals surface area contributed by atoms with Gasteiger partial charge in [-0.1, -0.05) is 6.07 Å². The highest BCUT2D eigenvalue weighted by molar-refractivity contribution is 5.97. The van der Waals surface area contributed by atoms with Crippen LogP contribution in [-0.2, 0) is 9.53 Å². The van der Waals surface area contributed by atoms with Crippen molar-refractivity contribution in [2.75, 3.05) is 18.5 Å². The van der Waals surface area contributed by atoms with Crippen LogP contribution in [-0.4, -0.2) is 25.2 Å². The highest BCUT2D eigenvalue weighted by Gasteiger charge is 2.17. The molecular formula is C17H21N3O2. The molecule has 2 N–H and O–H groups in total.